The summed E-state index contributed by atoms with van der Waals surface area (Å²) in [6, 6.07) is 1.11. The fourth-order valence-electron chi connectivity index (χ4n) is 2.71. The van der Waals surface area contributed by atoms with Gasteiger partial charge in [0.1, 0.15) is 0 Å². The molecule has 1 fully saturated rings. The van der Waals surface area contributed by atoms with E-state index in [0.29, 0.717) is 12.1 Å². The molecule has 1 saturated heterocycles. The fraction of sp³-hybridized carbons (Fsp3) is 0.769. The van der Waals surface area contributed by atoms with Crippen molar-refractivity contribution in [1.29, 1.82) is 0 Å². The minimum atomic E-state index is 0.440. The van der Waals surface area contributed by atoms with Crippen LogP contribution >= 0.6 is 11.3 Å². The summed E-state index contributed by atoms with van der Waals surface area (Å²) in [6.07, 6.45) is 2.61. The van der Waals surface area contributed by atoms with Crippen molar-refractivity contribution in [3.05, 3.63) is 16.1 Å². The standard InChI is InChI=1S/C13H23N3S/c1-4-16(12-6-5-7-14-8-12)10(2)13-9-17-11(3)15-13/h9-10,12,14H,4-8H2,1-3H3. The quantitative estimate of drug-likeness (QED) is 0.894. The average molecular weight is 253 g/mol. The summed E-state index contributed by atoms with van der Waals surface area (Å²) < 4.78 is 0. The third-order valence-corrected chi connectivity index (χ3v) is 4.46. The molecule has 1 aromatic rings. The molecule has 0 saturated carbocycles. The van der Waals surface area contributed by atoms with Gasteiger partial charge in [0.25, 0.3) is 0 Å². The topological polar surface area (TPSA) is 28.2 Å². The lowest BCUT2D eigenvalue weighted by Crippen LogP contribution is -2.46. The van der Waals surface area contributed by atoms with Gasteiger partial charge in [-0.15, -0.1) is 11.3 Å². The molecule has 0 amide bonds. The molecule has 1 aliphatic heterocycles. The predicted octanol–water partition coefficient (Wildman–Crippen LogP) is 2.59. The van der Waals surface area contributed by atoms with Gasteiger partial charge in [0, 0.05) is 18.0 Å². The summed E-state index contributed by atoms with van der Waals surface area (Å²) >= 11 is 1.75. The first-order chi connectivity index (χ1) is 8.22. The maximum absolute atomic E-state index is 4.63. The average Bonchev–Trinajstić information content (AvgIpc) is 2.78. The number of nitrogens with one attached hydrogen (secondary N) is 1. The summed E-state index contributed by atoms with van der Waals surface area (Å²) in [5.41, 5.74) is 1.24. The molecule has 1 aliphatic rings. The number of piperidine rings is 1. The molecular weight excluding hydrogens is 230 g/mol. The Balaban J connectivity index is 2.06. The van der Waals surface area contributed by atoms with E-state index < -0.39 is 0 Å². The molecule has 2 unspecified atom stereocenters. The van der Waals surface area contributed by atoms with Gasteiger partial charge in [-0.05, 0) is 39.8 Å². The summed E-state index contributed by atoms with van der Waals surface area (Å²) in [6.45, 7) is 10.0. The van der Waals surface area contributed by atoms with Crippen molar-refractivity contribution in [1.82, 2.24) is 15.2 Å². The summed E-state index contributed by atoms with van der Waals surface area (Å²) in [4.78, 5) is 7.21. The van der Waals surface area contributed by atoms with E-state index in [-0.39, 0.29) is 0 Å². The molecule has 2 heterocycles. The van der Waals surface area contributed by atoms with Crippen LogP contribution in [0.15, 0.2) is 5.38 Å². The largest absolute Gasteiger partial charge is 0.315 e. The first-order valence-electron chi connectivity index (χ1n) is 6.61. The van der Waals surface area contributed by atoms with E-state index >= 15 is 0 Å². The normalized spacial score (nSPS) is 22.9. The Morgan fingerprint density at radius 2 is 2.47 bits per heavy atom. The van der Waals surface area contributed by atoms with E-state index in [1.54, 1.807) is 11.3 Å². The molecule has 0 bridgehead atoms. The third-order valence-electron chi connectivity index (χ3n) is 3.67. The van der Waals surface area contributed by atoms with Crippen LogP contribution in [-0.4, -0.2) is 35.6 Å². The van der Waals surface area contributed by atoms with Crippen LogP contribution in [0.2, 0.25) is 0 Å². The van der Waals surface area contributed by atoms with Crippen LogP contribution in [0.25, 0.3) is 0 Å². The molecule has 0 aromatic carbocycles. The van der Waals surface area contributed by atoms with Gasteiger partial charge in [-0.1, -0.05) is 6.92 Å². The van der Waals surface area contributed by atoms with Crippen molar-refractivity contribution in [3.8, 4) is 0 Å². The Morgan fingerprint density at radius 1 is 1.65 bits per heavy atom. The van der Waals surface area contributed by atoms with Gasteiger partial charge < -0.3 is 5.32 Å². The highest BCUT2D eigenvalue weighted by Gasteiger charge is 2.25. The highest BCUT2D eigenvalue weighted by Crippen LogP contribution is 2.25. The smallest absolute Gasteiger partial charge is 0.0898 e. The molecule has 4 heteroatoms. The van der Waals surface area contributed by atoms with Crippen molar-refractivity contribution in [3.63, 3.8) is 0 Å². The van der Waals surface area contributed by atoms with Crippen molar-refractivity contribution in [2.24, 2.45) is 0 Å². The van der Waals surface area contributed by atoms with Crippen LogP contribution < -0.4 is 5.32 Å². The second-order valence-electron chi connectivity index (χ2n) is 4.80. The molecule has 3 nitrogen and oxygen atoms in total. The van der Waals surface area contributed by atoms with Crippen molar-refractivity contribution < 1.29 is 0 Å². The first-order valence-corrected chi connectivity index (χ1v) is 7.48. The zero-order valence-electron chi connectivity index (χ0n) is 11.1. The van der Waals surface area contributed by atoms with E-state index in [4.69, 9.17) is 0 Å². The Bertz CT molecular complexity index is 344. The van der Waals surface area contributed by atoms with Gasteiger partial charge in [0.15, 0.2) is 0 Å². The highest BCUT2D eigenvalue weighted by molar-refractivity contribution is 7.09. The second kappa shape index (κ2) is 5.94. The molecule has 2 rings (SSSR count). The van der Waals surface area contributed by atoms with Crippen molar-refractivity contribution in [2.75, 3.05) is 19.6 Å². The van der Waals surface area contributed by atoms with Crippen LogP contribution in [0.5, 0.6) is 0 Å². The number of rotatable bonds is 4. The van der Waals surface area contributed by atoms with E-state index in [0.717, 1.165) is 13.1 Å². The van der Waals surface area contributed by atoms with Gasteiger partial charge in [-0.3, -0.25) is 4.90 Å². The maximum Gasteiger partial charge on any atom is 0.0898 e. The minimum absolute atomic E-state index is 0.440. The van der Waals surface area contributed by atoms with Crippen LogP contribution in [-0.2, 0) is 0 Å². The molecule has 2 atom stereocenters. The highest BCUT2D eigenvalue weighted by atomic mass is 32.1. The number of thiazole rings is 1. The van der Waals surface area contributed by atoms with Gasteiger partial charge in [0.05, 0.1) is 16.7 Å². The Labute approximate surface area is 108 Å². The fourth-order valence-corrected chi connectivity index (χ4v) is 3.41. The zero-order valence-corrected chi connectivity index (χ0v) is 11.9. The molecule has 0 radical (unpaired) electrons. The summed E-state index contributed by atoms with van der Waals surface area (Å²) in [7, 11) is 0. The molecule has 0 spiro atoms. The van der Waals surface area contributed by atoms with E-state index in [1.165, 1.54) is 30.1 Å². The molecule has 1 N–H and O–H groups in total. The minimum Gasteiger partial charge on any atom is -0.315 e. The number of aromatic nitrogens is 1. The zero-order chi connectivity index (χ0) is 12.3. The Hall–Kier alpha value is -0.450. The van der Waals surface area contributed by atoms with Gasteiger partial charge in [-0.25, -0.2) is 4.98 Å². The summed E-state index contributed by atoms with van der Waals surface area (Å²) in [5, 5.41) is 6.88. The van der Waals surface area contributed by atoms with Crippen LogP contribution in [0, 0.1) is 6.92 Å². The van der Waals surface area contributed by atoms with Gasteiger partial charge >= 0.3 is 0 Å². The molecule has 1 aromatic heterocycles. The maximum atomic E-state index is 4.63. The van der Waals surface area contributed by atoms with Gasteiger partial charge in [-0.2, -0.15) is 0 Å². The lowest BCUT2D eigenvalue weighted by Gasteiger charge is -2.37. The number of likely N-dealkylation sites (N-methyl/N-ethyl adjacent to an activating group) is 1. The first kappa shape index (κ1) is 13.0. The molecule has 96 valence electrons. The second-order valence-corrected chi connectivity index (χ2v) is 5.86. The van der Waals surface area contributed by atoms with E-state index in [2.05, 4.69) is 41.4 Å². The Morgan fingerprint density at radius 3 is 3.00 bits per heavy atom. The molecular formula is C13H23N3S. The monoisotopic (exact) mass is 253 g/mol. The van der Waals surface area contributed by atoms with Crippen molar-refractivity contribution in [2.45, 2.75) is 45.7 Å². The molecule has 0 aliphatic carbocycles. The number of hydrogen-bond donors (Lipinski definition) is 1. The lowest BCUT2D eigenvalue weighted by atomic mass is 10.0. The number of aryl methyl sites for hydroxylation is 1. The SMILES string of the molecule is CCN(C1CCCNC1)C(C)c1csc(C)n1. The lowest BCUT2D eigenvalue weighted by molar-refractivity contribution is 0.126. The van der Waals surface area contributed by atoms with E-state index in [9.17, 15) is 0 Å². The number of hydrogen-bond acceptors (Lipinski definition) is 4. The van der Waals surface area contributed by atoms with Gasteiger partial charge in [0.2, 0.25) is 0 Å². The summed E-state index contributed by atoms with van der Waals surface area (Å²) in [5.74, 6) is 0. The Kier molecular flexibility index (Phi) is 4.54. The van der Waals surface area contributed by atoms with Crippen LogP contribution in [0.4, 0.5) is 0 Å². The predicted molar refractivity (Wildman–Crippen MR) is 73.5 cm³/mol. The molecule has 17 heavy (non-hydrogen) atoms. The van der Waals surface area contributed by atoms with Crippen LogP contribution in [0.1, 0.15) is 43.4 Å². The van der Waals surface area contributed by atoms with Crippen molar-refractivity contribution >= 4 is 11.3 Å². The third kappa shape index (κ3) is 3.06. The van der Waals surface area contributed by atoms with E-state index in [1.807, 2.05) is 0 Å². The van der Waals surface area contributed by atoms with Crippen LogP contribution in [0.3, 0.4) is 0 Å². The number of nitrogens with zero attached hydrogens (tertiary/aromatic N) is 2.